The van der Waals surface area contributed by atoms with Crippen LogP contribution >= 0.6 is 12.4 Å². The monoisotopic (exact) mass is 336 g/mol. The van der Waals surface area contributed by atoms with Gasteiger partial charge in [-0.2, -0.15) is 0 Å². The van der Waals surface area contributed by atoms with E-state index in [1.807, 2.05) is 26.8 Å². The molecule has 0 spiro atoms. The van der Waals surface area contributed by atoms with Crippen LogP contribution in [0.4, 0.5) is 0 Å². The topological polar surface area (TPSA) is 68.3 Å². The molecule has 0 atom stereocenters. The summed E-state index contributed by atoms with van der Waals surface area (Å²) in [6, 6.07) is 4.10. The molecule has 1 aliphatic carbocycles. The molecule has 4 nitrogen and oxygen atoms in total. The van der Waals surface area contributed by atoms with E-state index >= 15 is 0 Å². The minimum Gasteiger partial charge on any atom is -0.450 e. The third-order valence-electron chi connectivity index (χ3n) is 5.02. The van der Waals surface area contributed by atoms with Crippen LogP contribution in [0, 0.1) is 20.8 Å². The van der Waals surface area contributed by atoms with Gasteiger partial charge < -0.3 is 15.5 Å². The van der Waals surface area contributed by atoms with Gasteiger partial charge in [0.15, 0.2) is 5.76 Å². The van der Waals surface area contributed by atoms with Crippen molar-refractivity contribution in [2.24, 2.45) is 5.73 Å². The molecule has 1 saturated carbocycles. The van der Waals surface area contributed by atoms with Crippen molar-refractivity contribution in [3.63, 3.8) is 0 Å². The molecule has 1 aromatic carbocycles. The number of furan rings is 1. The van der Waals surface area contributed by atoms with Crippen molar-refractivity contribution in [1.29, 1.82) is 0 Å². The molecule has 1 aromatic heterocycles. The second-order valence-corrected chi connectivity index (χ2v) is 6.61. The number of amides is 1. The van der Waals surface area contributed by atoms with E-state index in [-0.39, 0.29) is 23.9 Å². The molecule has 0 bridgehead atoms. The minimum absolute atomic E-state index is 0. The summed E-state index contributed by atoms with van der Waals surface area (Å²) in [5.74, 6) is 0.284. The molecular weight excluding hydrogens is 312 g/mol. The highest BCUT2D eigenvalue weighted by atomic mass is 35.5. The van der Waals surface area contributed by atoms with Gasteiger partial charge in [-0.25, -0.2) is 0 Å². The molecule has 5 heteroatoms. The average Bonchev–Trinajstić information content (AvgIpc) is 3.09. The fourth-order valence-electron chi connectivity index (χ4n) is 3.62. The number of benzene rings is 1. The molecular formula is C18H25ClN2O2. The summed E-state index contributed by atoms with van der Waals surface area (Å²) < 4.78 is 5.92. The van der Waals surface area contributed by atoms with Crippen LogP contribution in [-0.2, 0) is 0 Å². The van der Waals surface area contributed by atoms with Crippen molar-refractivity contribution in [2.75, 3.05) is 6.54 Å². The average molecular weight is 337 g/mol. The molecule has 23 heavy (non-hydrogen) atoms. The lowest BCUT2D eigenvalue weighted by Gasteiger charge is -2.28. The van der Waals surface area contributed by atoms with E-state index in [9.17, 15) is 4.79 Å². The predicted molar refractivity (Wildman–Crippen MR) is 95.4 cm³/mol. The Bertz CT molecular complexity index is 730. The summed E-state index contributed by atoms with van der Waals surface area (Å²) in [5, 5.41) is 4.20. The van der Waals surface area contributed by atoms with Crippen LogP contribution in [0.3, 0.4) is 0 Å². The van der Waals surface area contributed by atoms with Gasteiger partial charge in [-0.15, -0.1) is 12.4 Å². The van der Waals surface area contributed by atoms with E-state index in [2.05, 4.69) is 11.4 Å². The highest BCUT2D eigenvalue weighted by Gasteiger charge is 2.35. The summed E-state index contributed by atoms with van der Waals surface area (Å²) in [4.78, 5) is 12.7. The number of halogens is 1. The lowest BCUT2D eigenvalue weighted by Crippen LogP contribution is -2.51. The number of carbonyl (C=O) groups excluding carboxylic acids is 1. The maximum absolute atomic E-state index is 12.7. The second kappa shape index (κ2) is 6.54. The molecule has 0 unspecified atom stereocenters. The standard InChI is InChI=1S/C18H24N2O2.ClH/c1-11-6-7-12(2)15-14(11)13(3)16(22-15)17(21)20-18(10-19)8-4-5-9-18;/h6-7H,4-5,8-10,19H2,1-3H3,(H,20,21);1H. The highest BCUT2D eigenvalue weighted by Crippen LogP contribution is 2.32. The fraction of sp³-hybridized carbons (Fsp3) is 0.500. The Kier molecular flexibility index (Phi) is 5.07. The predicted octanol–water partition coefficient (Wildman–Crippen LogP) is 3.78. The zero-order chi connectivity index (χ0) is 15.9. The molecule has 3 N–H and O–H groups in total. The Hall–Kier alpha value is -1.52. The summed E-state index contributed by atoms with van der Waals surface area (Å²) >= 11 is 0. The largest absolute Gasteiger partial charge is 0.450 e. The lowest BCUT2D eigenvalue weighted by molar-refractivity contribution is 0.0876. The van der Waals surface area contributed by atoms with E-state index in [1.54, 1.807) is 0 Å². The van der Waals surface area contributed by atoms with E-state index in [0.29, 0.717) is 12.3 Å². The molecule has 0 saturated heterocycles. The Labute approximate surface area is 143 Å². The smallest absolute Gasteiger partial charge is 0.287 e. The normalized spacial score (nSPS) is 16.3. The van der Waals surface area contributed by atoms with Crippen LogP contribution in [0.5, 0.6) is 0 Å². The van der Waals surface area contributed by atoms with E-state index < -0.39 is 0 Å². The molecule has 1 heterocycles. The first-order valence-electron chi connectivity index (χ1n) is 7.99. The van der Waals surface area contributed by atoms with Gasteiger partial charge in [0.2, 0.25) is 0 Å². The molecule has 2 aromatic rings. The number of hydrogen-bond donors (Lipinski definition) is 2. The molecule has 1 aliphatic rings. The van der Waals surface area contributed by atoms with Crippen molar-refractivity contribution < 1.29 is 9.21 Å². The van der Waals surface area contributed by atoms with Crippen LogP contribution in [-0.4, -0.2) is 18.0 Å². The Morgan fingerprint density at radius 1 is 1.22 bits per heavy atom. The summed E-state index contributed by atoms with van der Waals surface area (Å²) in [6.45, 7) is 6.49. The van der Waals surface area contributed by atoms with Crippen molar-refractivity contribution in [1.82, 2.24) is 5.32 Å². The van der Waals surface area contributed by atoms with Crippen molar-refractivity contribution in [2.45, 2.75) is 52.0 Å². The molecule has 1 amide bonds. The van der Waals surface area contributed by atoms with Crippen LogP contribution in [0.25, 0.3) is 11.0 Å². The molecule has 1 fully saturated rings. The van der Waals surface area contributed by atoms with Crippen molar-refractivity contribution >= 4 is 29.3 Å². The zero-order valence-electron chi connectivity index (χ0n) is 14.0. The summed E-state index contributed by atoms with van der Waals surface area (Å²) in [6.07, 6.45) is 4.14. The number of hydrogen-bond acceptors (Lipinski definition) is 3. The van der Waals surface area contributed by atoms with Gasteiger partial charge in [0.05, 0.1) is 5.54 Å². The van der Waals surface area contributed by atoms with Gasteiger partial charge in [-0.1, -0.05) is 25.0 Å². The van der Waals surface area contributed by atoms with Gasteiger partial charge in [0, 0.05) is 17.5 Å². The van der Waals surface area contributed by atoms with E-state index in [1.165, 1.54) is 0 Å². The highest BCUT2D eigenvalue weighted by molar-refractivity contribution is 6.00. The lowest BCUT2D eigenvalue weighted by atomic mass is 9.97. The van der Waals surface area contributed by atoms with Gasteiger partial charge in [-0.3, -0.25) is 4.79 Å². The first kappa shape index (κ1) is 17.8. The number of carbonyl (C=O) groups is 1. The maximum atomic E-state index is 12.7. The van der Waals surface area contributed by atoms with Crippen LogP contribution in [0.15, 0.2) is 16.5 Å². The van der Waals surface area contributed by atoms with Crippen molar-refractivity contribution in [3.05, 3.63) is 34.6 Å². The number of fused-ring (bicyclic) bond motifs is 1. The van der Waals surface area contributed by atoms with Crippen LogP contribution < -0.4 is 11.1 Å². The summed E-state index contributed by atoms with van der Waals surface area (Å²) in [7, 11) is 0. The maximum Gasteiger partial charge on any atom is 0.287 e. The number of rotatable bonds is 3. The number of aryl methyl sites for hydroxylation is 3. The Balaban J connectivity index is 0.00000192. The molecule has 126 valence electrons. The molecule has 3 rings (SSSR count). The first-order valence-corrected chi connectivity index (χ1v) is 7.99. The van der Waals surface area contributed by atoms with Gasteiger partial charge in [0.1, 0.15) is 5.58 Å². The summed E-state index contributed by atoms with van der Waals surface area (Å²) in [5.41, 5.74) is 9.57. The van der Waals surface area contributed by atoms with Crippen LogP contribution in [0.1, 0.15) is 52.9 Å². The molecule has 0 aliphatic heterocycles. The third-order valence-corrected chi connectivity index (χ3v) is 5.02. The molecule has 0 radical (unpaired) electrons. The zero-order valence-corrected chi connectivity index (χ0v) is 14.8. The van der Waals surface area contributed by atoms with Gasteiger partial charge >= 0.3 is 0 Å². The Morgan fingerprint density at radius 2 is 1.83 bits per heavy atom. The second-order valence-electron chi connectivity index (χ2n) is 6.61. The quantitative estimate of drug-likeness (QED) is 0.896. The van der Waals surface area contributed by atoms with Gasteiger partial charge in [-0.05, 0) is 44.7 Å². The minimum atomic E-state index is -0.257. The van der Waals surface area contributed by atoms with E-state index in [0.717, 1.165) is 53.3 Å². The number of nitrogens with one attached hydrogen (secondary N) is 1. The SMILES string of the molecule is Cc1ccc(C)c2c(C)c(C(=O)NC3(CN)CCCC3)oc12.Cl. The Morgan fingerprint density at radius 3 is 2.39 bits per heavy atom. The third kappa shape index (κ3) is 2.98. The first-order chi connectivity index (χ1) is 10.5. The van der Waals surface area contributed by atoms with Crippen molar-refractivity contribution in [3.8, 4) is 0 Å². The van der Waals surface area contributed by atoms with Crippen LogP contribution in [0.2, 0.25) is 0 Å². The van der Waals surface area contributed by atoms with E-state index in [4.69, 9.17) is 10.2 Å². The number of nitrogens with two attached hydrogens (primary N) is 1. The van der Waals surface area contributed by atoms with Gasteiger partial charge in [0.25, 0.3) is 5.91 Å². The fourth-order valence-corrected chi connectivity index (χ4v) is 3.62.